The summed E-state index contributed by atoms with van der Waals surface area (Å²) in [6.45, 7) is 9.47. The maximum atomic E-state index is 12.9. The molecule has 20 heavy (non-hydrogen) atoms. The molecule has 0 amide bonds. The van der Waals surface area contributed by atoms with Crippen molar-refractivity contribution in [2.75, 3.05) is 19.6 Å². The lowest BCUT2D eigenvalue weighted by Gasteiger charge is -2.36. The predicted molar refractivity (Wildman–Crippen MR) is 81.3 cm³/mol. The molecule has 112 valence electrons. The topological polar surface area (TPSA) is 36.4 Å². The molecule has 2 heterocycles. The monoisotopic (exact) mass is 298 g/mol. The fourth-order valence-electron chi connectivity index (χ4n) is 2.79. The van der Waals surface area contributed by atoms with Gasteiger partial charge < -0.3 is 10.0 Å². The van der Waals surface area contributed by atoms with Crippen molar-refractivity contribution in [3.8, 4) is 0 Å². The van der Waals surface area contributed by atoms with Gasteiger partial charge in [-0.1, -0.05) is 20.8 Å². The van der Waals surface area contributed by atoms with Crippen molar-refractivity contribution in [3.05, 3.63) is 29.8 Å². The van der Waals surface area contributed by atoms with Gasteiger partial charge >= 0.3 is 0 Å². The zero-order valence-electron chi connectivity index (χ0n) is 12.3. The van der Waals surface area contributed by atoms with Gasteiger partial charge in [0.05, 0.1) is 18.0 Å². The average Bonchev–Trinajstić information content (AvgIpc) is 2.37. The highest BCUT2D eigenvalue weighted by Crippen LogP contribution is 2.27. The van der Waals surface area contributed by atoms with Crippen LogP contribution in [0.5, 0.6) is 0 Å². The van der Waals surface area contributed by atoms with Gasteiger partial charge in [-0.2, -0.15) is 11.8 Å². The quantitative estimate of drug-likeness (QED) is 0.927. The molecule has 5 heteroatoms. The van der Waals surface area contributed by atoms with Crippen molar-refractivity contribution in [1.82, 2.24) is 9.88 Å². The van der Waals surface area contributed by atoms with Gasteiger partial charge in [-0.25, -0.2) is 4.39 Å². The minimum Gasteiger partial charge on any atom is -0.386 e. The van der Waals surface area contributed by atoms with Gasteiger partial charge in [0.2, 0.25) is 0 Å². The summed E-state index contributed by atoms with van der Waals surface area (Å²) in [6, 6.07) is 2.91. The molecule has 1 aromatic rings. The minimum atomic E-state index is -0.643. The SMILES string of the molecule is CC1CN(CC(C)C(O)c2ccc(F)cn2)CC(C)S1. The fourth-order valence-corrected chi connectivity index (χ4v) is 4.18. The molecule has 0 aromatic carbocycles. The van der Waals surface area contributed by atoms with Gasteiger partial charge in [-0.05, 0) is 12.1 Å². The zero-order chi connectivity index (χ0) is 14.7. The predicted octanol–water partition coefficient (Wildman–Crippen LogP) is 2.72. The van der Waals surface area contributed by atoms with Gasteiger partial charge in [0.1, 0.15) is 5.82 Å². The van der Waals surface area contributed by atoms with Crippen LogP contribution in [0.2, 0.25) is 0 Å². The van der Waals surface area contributed by atoms with Gasteiger partial charge in [0, 0.05) is 36.1 Å². The van der Waals surface area contributed by atoms with E-state index in [2.05, 4.69) is 23.7 Å². The largest absolute Gasteiger partial charge is 0.386 e. The number of thioether (sulfide) groups is 1. The van der Waals surface area contributed by atoms with Crippen molar-refractivity contribution in [1.29, 1.82) is 0 Å². The highest BCUT2D eigenvalue weighted by Gasteiger charge is 2.26. The molecule has 1 aliphatic rings. The van der Waals surface area contributed by atoms with E-state index in [4.69, 9.17) is 0 Å². The van der Waals surface area contributed by atoms with Crippen LogP contribution in [-0.4, -0.2) is 45.1 Å². The third-order valence-corrected chi connectivity index (χ3v) is 4.86. The highest BCUT2D eigenvalue weighted by atomic mass is 32.2. The summed E-state index contributed by atoms with van der Waals surface area (Å²) in [6.07, 6.45) is 0.517. The number of hydrogen-bond acceptors (Lipinski definition) is 4. The number of rotatable bonds is 4. The number of pyridine rings is 1. The Bertz CT molecular complexity index is 418. The summed E-state index contributed by atoms with van der Waals surface area (Å²) < 4.78 is 12.9. The molecule has 4 unspecified atom stereocenters. The van der Waals surface area contributed by atoms with E-state index in [1.165, 1.54) is 6.07 Å². The second-order valence-corrected chi connectivity index (χ2v) is 7.68. The molecule has 0 saturated carbocycles. The molecule has 1 saturated heterocycles. The molecule has 4 atom stereocenters. The molecule has 1 aromatic heterocycles. The standard InChI is InChI=1S/C15H23FN2OS/c1-10(7-18-8-11(2)20-12(3)9-18)15(19)14-5-4-13(16)6-17-14/h4-6,10-12,15,19H,7-9H2,1-3H3. The second-order valence-electron chi connectivity index (χ2n) is 5.80. The summed E-state index contributed by atoms with van der Waals surface area (Å²) in [5.74, 6) is -0.292. The molecule has 0 aliphatic carbocycles. The van der Waals surface area contributed by atoms with Crippen molar-refractivity contribution in [3.63, 3.8) is 0 Å². The third kappa shape index (κ3) is 4.17. The van der Waals surface area contributed by atoms with E-state index in [1.54, 1.807) is 6.07 Å². The molecular formula is C15H23FN2OS. The van der Waals surface area contributed by atoms with E-state index >= 15 is 0 Å². The number of aliphatic hydroxyl groups is 1. The van der Waals surface area contributed by atoms with E-state index < -0.39 is 6.10 Å². The number of aliphatic hydroxyl groups excluding tert-OH is 1. The normalized spacial score (nSPS) is 27.2. The third-order valence-electron chi connectivity index (χ3n) is 3.63. The van der Waals surface area contributed by atoms with E-state index in [1.807, 2.05) is 18.7 Å². The van der Waals surface area contributed by atoms with Crippen LogP contribution >= 0.6 is 11.8 Å². The number of aromatic nitrogens is 1. The smallest absolute Gasteiger partial charge is 0.141 e. The van der Waals surface area contributed by atoms with E-state index in [0.29, 0.717) is 16.2 Å². The maximum Gasteiger partial charge on any atom is 0.141 e. The van der Waals surface area contributed by atoms with E-state index in [9.17, 15) is 9.50 Å². The van der Waals surface area contributed by atoms with Crippen molar-refractivity contribution in [2.45, 2.75) is 37.4 Å². The summed E-state index contributed by atoms with van der Waals surface area (Å²) >= 11 is 2.02. The van der Waals surface area contributed by atoms with Gasteiger partial charge in [0.25, 0.3) is 0 Å². The van der Waals surface area contributed by atoms with Crippen LogP contribution in [-0.2, 0) is 0 Å². The number of halogens is 1. The van der Waals surface area contributed by atoms with Gasteiger partial charge in [-0.3, -0.25) is 4.98 Å². The first-order valence-corrected chi connectivity index (χ1v) is 8.07. The van der Waals surface area contributed by atoms with Crippen LogP contribution < -0.4 is 0 Å². The van der Waals surface area contributed by atoms with Crippen LogP contribution in [0.4, 0.5) is 4.39 Å². The molecule has 1 N–H and O–H groups in total. The zero-order valence-corrected chi connectivity index (χ0v) is 13.1. The van der Waals surface area contributed by atoms with Gasteiger partial charge in [-0.15, -0.1) is 0 Å². The van der Waals surface area contributed by atoms with E-state index in [0.717, 1.165) is 25.8 Å². The summed E-state index contributed by atoms with van der Waals surface area (Å²) in [4.78, 5) is 6.38. The second kappa shape index (κ2) is 6.87. The number of nitrogens with zero attached hydrogens (tertiary/aromatic N) is 2. The fraction of sp³-hybridized carbons (Fsp3) is 0.667. The minimum absolute atomic E-state index is 0.0791. The summed E-state index contributed by atoms with van der Waals surface area (Å²) in [5.41, 5.74) is 0.548. The Labute approximate surface area is 124 Å². The summed E-state index contributed by atoms with van der Waals surface area (Å²) in [7, 11) is 0. The molecular weight excluding hydrogens is 275 g/mol. The molecule has 0 spiro atoms. The molecule has 2 rings (SSSR count). The van der Waals surface area contributed by atoms with Gasteiger partial charge in [0.15, 0.2) is 0 Å². The maximum absolute atomic E-state index is 12.9. The van der Waals surface area contributed by atoms with Crippen molar-refractivity contribution >= 4 is 11.8 Å². The van der Waals surface area contributed by atoms with Crippen LogP contribution in [0.25, 0.3) is 0 Å². The molecule has 0 bridgehead atoms. The van der Waals surface area contributed by atoms with Crippen LogP contribution in [0.15, 0.2) is 18.3 Å². The Hall–Kier alpha value is -0.650. The Kier molecular flexibility index (Phi) is 5.41. The van der Waals surface area contributed by atoms with Crippen molar-refractivity contribution in [2.24, 2.45) is 5.92 Å². The summed E-state index contributed by atoms with van der Waals surface area (Å²) in [5, 5.41) is 11.6. The van der Waals surface area contributed by atoms with Crippen LogP contribution in [0, 0.1) is 11.7 Å². The van der Waals surface area contributed by atoms with Crippen molar-refractivity contribution < 1.29 is 9.50 Å². The first-order chi connectivity index (χ1) is 9.45. The highest BCUT2D eigenvalue weighted by molar-refractivity contribution is 8.00. The average molecular weight is 298 g/mol. The van der Waals surface area contributed by atoms with Crippen LogP contribution in [0.1, 0.15) is 32.6 Å². The first-order valence-electron chi connectivity index (χ1n) is 7.13. The first kappa shape index (κ1) is 15.7. The molecule has 1 fully saturated rings. The molecule has 1 aliphatic heterocycles. The molecule has 3 nitrogen and oxygen atoms in total. The Balaban J connectivity index is 1.93. The Morgan fingerprint density at radius 2 is 2.05 bits per heavy atom. The lowest BCUT2D eigenvalue weighted by atomic mass is 10.0. The Morgan fingerprint density at radius 1 is 1.40 bits per heavy atom. The van der Waals surface area contributed by atoms with Crippen LogP contribution in [0.3, 0.4) is 0 Å². The lowest BCUT2D eigenvalue weighted by molar-refractivity contribution is 0.0841. The van der Waals surface area contributed by atoms with E-state index in [-0.39, 0.29) is 11.7 Å². The number of hydrogen-bond donors (Lipinski definition) is 1. The lowest BCUT2D eigenvalue weighted by Crippen LogP contribution is -2.43. The Morgan fingerprint density at radius 3 is 2.60 bits per heavy atom. The molecule has 0 radical (unpaired) electrons.